The molecule has 0 atom stereocenters. The smallest absolute Gasteiger partial charge is 0.120 e. The molecule has 3 aromatic rings. The van der Waals surface area contributed by atoms with Crippen LogP contribution in [0.15, 0.2) is 42.5 Å². The zero-order valence-corrected chi connectivity index (χ0v) is 16.1. The first-order valence-electron chi connectivity index (χ1n) is 9.01. The van der Waals surface area contributed by atoms with Gasteiger partial charge in [-0.2, -0.15) is 10.4 Å². The number of hydrogen-bond donors (Lipinski definition) is 1. The van der Waals surface area contributed by atoms with Crippen LogP contribution in [0.5, 0.6) is 5.75 Å². The minimum absolute atomic E-state index is 0.467. The Morgan fingerprint density at radius 3 is 2.70 bits per heavy atom. The van der Waals surface area contributed by atoms with Gasteiger partial charge in [0.2, 0.25) is 0 Å². The number of benzene rings is 2. The van der Waals surface area contributed by atoms with Crippen molar-refractivity contribution in [2.45, 2.75) is 13.2 Å². The molecule has 0 aliphatic heterocycles. The SMILES string of the molecule is CNCCN(C)Cc1nn(C)c2ccc(OCc3ccc(C#N)cc3)cc12. The first kappa shape index (κ1) is 18.9. The van der Waals surface area contributed by atoms with E-state index in [1.54, 1.807) is 0 Å². The standard InChI is InChI=1S/C21H25N5O/c1-23-10-11-25(2)14-20-19-12-18(8-9-21(19)26(3)24-20)27-15-17-6-4-16(13-22)5-7-17/h4-9,12,23H,10-11,14-15H2,1-3H3. The summed E-state index contributed by atoms with van der Waals surface area (Å²) in [6.45, 7) is 3.16. The highest BCUT2D eigenvalue weighted by Gasteiger charge is 2.12. The molecule has 0 fully saturated rings. The second kappa shape index (κ2) is 8.67. The zero-order chi connectivity index (χ0) is 19.2. The molecular formula is C21H25N5O. The molecule has 1 heterocycles. The molecule has 0 aliphatic rings. The van der Waals surface area contributed by atoms with E-state index in [1.165, 1.54) is 0 Å². The summed E-state index contributed by atoms with van der Waals surface area (Å²) in [6.07, 6.45) is 0. The number of hydrogen-bond acceptors (Lipinski definition) is 5. The van der Waals surface area contributed by atoms with E-state index in [-0.39, 0.29) is 0 Å². The minimum Gasteiger partial charge on any atom is -0.489 e. The van der Waals surface area contributed by atoms with Crippen molar-refractivity contribution < 1.29 is 4.74 Å². The molecule has 2 aromatic carbocycles. The molecule has 0 bridgehead atoms. The van der Waals surface area contributed by atoms with Gasteiger partial charge in [0, 0.05) is 32.1 Å². The number of fused-ring (bicyclic) bond motifs is 1. The van der Waals surface area contributed by atoms with Crippen molar-refractivity contribution >= 4 is 10.9 Å². The molecule has 0 amide bonds. The van der Waals surface area contributed by atoms with E-state index in [1.807, 2.05) is 55.2 Å². The van der Waals surface area contributed by atoms with E-state index in [0.717, 1.165) is 47.5 Å². The van der Waals surface area contributed by atoms with Crippen molar-refractivity contribution in [3.8, 4) is 11.8 Å². The molecule has 6 heteroatoms. The minimum atomic E-state index is 0.467. The van der Waals surface area contributed by atoms with Gasteiger partial charge in [0.05, 0.1) is 22.8 Å². The average molecular weight is 363 g/mol. The van der Waals surface area contributed by atoms with E-state index >= 15 is 0 Å². The Bertz CT molecular complexity index is 940. The normalized spacial score (nSPS) is 11.1. The highest BCUT2D eigenvalue weighted by Crippen LogP contribution is 2.25. The van der Waals surface area contributed by atoms with E-state index in [9.17, 15) is 0 Å². The largest absolute Gasteiger partial charge is 0.489 e. The van der Waals surface area contributed by atoms with Crippen molar-refractivity contribution in [2.24, 2.45) is 7.05 Å². The number of ether oxygens (including phenoxy) is 1. The Morgan fingerprint density at radius 1 is 1.22 bits per heavy atom. The first-order valence-corrected chi connectivity index (χ1v) is 9.01. The van der Waals surface area contributed by atoms with Crippen LogP contribution in [0.3, 0.4) is 0 Å². The van der Waals surface area contributed by atoms with Gasteiger partial charge in [-0.25, -0.2) is 0 Å². The maximum Gasteiger partial charge on any atom is 0.120 e. The van der Waals surface area contributed by atoms with Crippen molar-refractivity contribution in [1.82, 2.24) is 20.0 Å². The van der Waals surface area contributed by atoms with Gasteiger partial charge in [-0.1, -0.05) is 12.1 Å². The van der Waals surface area contributed by atoms with Crippen LogP contribution >= 0.6 is 0 Å². The fourth-order valence-corrected chi connectivity index (χ4v) is 3.00. The van der Waals surface area contributed by atoms with Gasteiger partial charge in [-0.05, 0) is 50.0 Å². The van der Waals surface area contributed by atoms with Gasteiger partial charge >= 0.3 is 0 Å². The van der Waals surface area contributed by atoms with Crippen LogP contribution in [0.4, 0.5) is 0 Å². The number of aromatic nitrogens is 2. The van der Waals surface area contributed by atoms with Crippen LogP contribution < -0.4 is 10.1 Å². The topological polar surface area (TPSA) is 66.1 Å². The zero-order valence-electron chi connectivity index (χ0n) is 16.1. The third kappa shape index (κ3) is 4.64. The Hall–Kier alpha value is -2.88. The molecule has 0 unspecified atom stereocenters. The molecule has 0 spiro atoms. The molecule has 0 saturated carbocycles. The summed E-state index contributed by atoms with van der Waals surface area (Å²) in [5.74, 6) is 0.819. The van der Waals surface area contributed by atoms with Crippen LogP contribution in [-0.4, -0.2) is 41.9 Å². The van der Waals surface area contributed by atoms with Crippen molar-refractivity contribution in [2.75, 3.05) is 27.2 Å². The molecule has 140 valence electrons. The molecule has 27 heavy (non-hydrogen) atoms. The van der Waals surface area contributed by atoms with Crippen LogP contribution in [0.25, 0.3) is 10.9 Å². The van der Waals surface area contributed by atoms with Gasteiger partial charge in [0.25, 0.3) is 0 Å². The number of rotatable bonds is 8. The molecular weight excluding hydrogens is 338 g/mol. The Labute approximate surface area is 160 Å². The lowest BCUT2D eigenvalue weighted by Gasteiger charge is -2.15. The van der Waals surface area contributed by atoms with Crippen molar-refractivity contribution in [3.63, 3.8) is 0 Å². The highest BCUT2D eigenvalue weighted by atomic mass is 16.5. The number of nitrogens with one attached hydrogen (secondary N) is 1. The quantitative estimate of drug-likeness (QED) is 0.666. The third-order valence-corrected chi connectivity index (χ3v) is 4.55. The maximum absolute atomic E-state index is 8.88. The fraction of sp³-hybridized carbons (Fsp3) is 0.333. The fourth-order valence-electron chi connectivity index (χ4n) is 3.00. The van der Waals surface area contributed by atoms with Crippen LogP contribution in [0.1, 0.15) is 16.8 Å². The molecule has 3 rings (SSSR count). The summed E-state index contributed by atoms with van der Waals surface area (Å²) in [7, 11) is 6.03. The predicted molar refractivity (Wildman–Crippen MR) is 106 cm³/mol. The van der Waals surface area contributed by atoms with Crippen LogP contribution in [0, 0.1) is 11.3 Å². The van der Waals surface area contributed by atoms with Gasteiger partial charge in [-0.3, -0.25) is 9.58 Å². The molecule has 1 aromatic heterocycles. The second-order valence-electron chi connectivity index (χ2n) is 6.69. The van der Waals surface area contributed by atoms with E-state index in [2.05, 4.69) is 34.5 Å². The Kier molecular flexibility index (Phi) is 6.07. The van der Waals surface area contributed by atoms with E-state index in [4.69, 9.17) is 10.00 Å². The Balaban J connectivity index is 1.74. The monoisotopic (exact) mass is 363 g/mol. The molecule has 0 radical (unpaired) electrons. The van der Waals surface area contributed by atoms with Gasteiger partial charge in [0.1, 0.15) is 12.4 Å². The summed E-state index contributed by atoms with van der Waals surface area (Å²) in [4.78, 5) is 2.25. The lowest BCUT2D eigenvalue weighted by Crippen LogP contribution is -2.27. The van der Waals surface area contributed by atoms with Gasteiger partial charge < -0.3 is 10.1 Å². The number of nitriles is 1. The third-order valence-electron chi connectivity index (χ3n) is 4.55. The molecule has 0 aliphatic carbocycles. The van der Waals surface area contributed by atoms with Crippen molar-refractivity contribution in [3.05, 3.63) is 59.3 Å². The predicted octanol–water partition coefficient (Wildman–Crippen LogP) is 2.68. The lowest BCUT2D eigenvalue weighted by molar-refractivity contribution is 0.306. The molecule has 6 nitrogen and oxygen atoms in total. The summed E-state index contributed by atoms with van der Waals surface area (Å²) in [6, 6.07) is 15.7. The number of nitrogens with zero attached hydrogens (tertiary/aromatic N) is 4. The summed E-state index contributed by atoms with van der Waals surface area (Å²) >= 11 is 0. The lowest BCUT2D eigenvalue weighted by atomic mass is 10.1. The summed E-state index contributed by atoms with van der Waals surface area (Å²) in [5.41, 5.74) is 3.84. The van der Waals surface area contributed by atoms with E-state index < -0.39 is 0 Å². The number of aryl methyl sites for hydroxylation is 1. The van der Waals surface area contributed by atoms with Crippen LogP contribution in [0.2, 0.25) is 0 Å². The summed E-state index contributed by atoms with van der Waals surface area (Å²) in [5, 5.41) is 17.9. The van der Waals surface area contributed by atoms with Crippen LogP contribution in [-0.2, 0) is 20.2 Å². The van der Waals surface area contributed by atoms with Gasteiger partial charge in [0.15, 0.2) is 0 Å². The highest BCUT2D eigenvalue weighted by molar-refractivity contribution is 5.83. The van der Waals surface area contributed by atoms with E-state index in [0.29, 0.717) is 12.2 Å². The molecule has 1 N–H and O–H groups in total. The average Bonchev–Trinajstić information content (AvgIpc) is 3.00. The number of likely N-dealkylation sites (N-methyl/N-ethyl adjacent to an activating group) is 2. The first-order chi connectivity index (χ1) is 13.1. The summed E-state index contributed by atoms with van der Waals surface area (Å²) < 4.78 is 7.88. The molecule has 0 saturated heterocycles. The van der Waals surface area contributed by atoms with Gasteiger partial charge in [-0.15, -0.1) is 0 Å². The Morgan fingerprint density at radius 2 is 2.00 bits per heavy atom. The second-order valence-corrected chi connectivity index (χ2v) is 6.69. The maximum atomic E-state index is 8.88. The van der Waals surface area contributed by atoms with Crippen molar-refractivity contribution in [1.29, 1.82) is 5.26 Å².